The van der Waals surface area contributed by atoms with Crippen LogP contribution in [0.4, 0.5) is 0 Å². The number of likely N-dealkylation sites (N-methyl/N-ethyl adjacent to an activating group) is 1. The third-order valence-electron chi connectivity index (χ3n) is 5.98. The first kappa shape index (κ1) is 12.0. The van der Waals surface area contributed by atoms with Gasteiger partial charge >= 0.3 is 0 Å². The van der Waals surface area contributed by atoms with E-state index in [0.29, 0.717) is 6.04 Å². The summed E-state index contributed by atoms with van der Waals surface area (Å²) in [6.45, 7) is 2.18. The van der Waals surface area contributed by atoms with Gasteiger partial charge < -0.3 is 10.0 Å². The van der Waals surface area contributed by atoms with Crippen LogP contribution in [0.5, 0.6) is 0 Å². The highest BCUT2D eigenvalue weighted by Gasteiger charge is 2.54. The topological polar surface area (TPSA) is 23.5 Å². The van der Waals surface area contributed by atoms with Gasteiger partial charge in [-0.25, -0.2) is 0 Å². The highest BCUT2D eigenvalue weighted by Crippen LogP contribution is 2.61. The van der Waals surface area contributed by atoms with Gasteiger partial charge in [0.2, 0.25) is 0 Å². The number of hydrogen-bond donors (Lipinski definition) is 1. The van der Waals surface area contributed by atoms with Crippen molar-refractivity contribution in [3.8, 4) is 0 Å². The monoisotopic (exact) mass is 237 g/mol. The standard InChI is InChI=1S/C15H27NO/c1-10(16(2)3)14(17)15-7-11-4-12(8-15)6-13(5-11)9-15/h10-14,17H,4-9H2,1-3H3/t10-,11?,12?,13?,14-,15?/m0/s1. The molecule has 4 fully saturated rings. The van der Waals surface area contributed by atoms with Gasteiger partial charge in [0.15, 0.2) is 0 Å². The molecule has 98 valence electrons. The second-order valence-electron chi connectivity index (χ2n) is 7.43. The second-order valence-corrected chi connectivity index (χ2v) is 7.43. The maximum absolute atomic E-state index is 10.8. The zero-order valence-electron chi connectivity index (χ0n) is 11.5. The van der Waals surface area contributed by atoms with Crippen LogP contribution in [0, 0.1) is 23.2 Å². The van der Waals surface area contributed by atoms with Gasteiger partial charge in [-0.05, 0) is 82.7 Å². The average Bonchev–Trinajstić information content (AvgIpc) is 2.25. The largest absolute Gasteiger partial charge is 0.391 e. The molecule has 0 amide bonds. The van der Waals surface area contributed by atoms with Crippen LogP contribution in [0.1, 0.15) is 45.4 Å². The maximum atomic E-state index is 10.8. The highest BCUT2D eigenvalue weighted by molar-refractivity contribution is 5.05. The Bertz CT molecular complexity index is 264. The van der Waals surface area contributed by atoms with Crippen LogP contribution in [-0.2, 0) is 0 Å². The third-order valence-corrected chi connectivity index (χ3v) is 5.98. The first-order valence-corrected chi connectivity index (χ1v) is 7.35. The molecule has 0 saturated heterocycles. The molecular weight excluding hydrogens is 210 g/mol. The van der Waals surface area contributed by atoms with E-state index in [-0.39, 0.29) is 11.5 Å². The smallest absolute Gasteiger partial charge is 0.0748 e. The van der Waals surface area contributed by atoms with Gasteiger partial charge in [0.25, 0.3) is 0 Å². The van der Waals surface area contributed by atoms with E-state index in [2.05, 4.69) is 25.9 Å². The minimum absolute atomic E-state index is 0.120. The van der Waals surface area contributed by atoms with Crippen molar-refractivity contribution >= 4 is 0 Å². The Morgan fingerprint density at radius 1 is 1.00 bits per heavy atom. The van der Waals surface area contributed by atoms with Crippen molar-refractivity contribution in [2.75, 3.05) is 14.1 Å². The fraction of sp³-hybridized carbons (Fsp3) is 1.00. The van der Waals surface area contributed by atoms with Gasteiger partial charge in [-0.3, -0.25) is 0 Å². The van der Waals surface area contributed by atoms with E-state index in [1.165, 1.54) is 38.5 Å². The predicted molar refractivity (Wildman–Crippen MR) is 69.8 cm³/mol. The van der Waals surface area contributed by atoms with E-state index >= 15 is 0 Å². The molecule has 0 heterocycles. The fourth-order valence-electron chi connectivity index (χ4n) is 5.33. The zero-order chi connectivity index (χ0) is 12.2. The van der Waals surface area contributed by atoms with E-state index in [4.69, 9.17) is 0 Å². The Labute approximate surface area is 105 Å². The Kier molecular flexibility index (Phi) is 2.79. The molecule has 4 aliphatic carbocycles. The predicted octanol–water partition coefficient (Wildman–Crippen LogP) is 2.51. The molecule has 0 radical (unpaired) electrons. The Morgan fingerprint density at radius 2 is 1.41 bits per heavy atom. The van der Waals surface area contributed by atoms with Crippen molar-refractivity contribution < 1.29 is 5.11 Å². The number of rotatable bonds is 3. The molecule has 1 N–H and O–H groups in total. The van der Waals surface area contributed by atoms with E-state index < -0.39 is 0 Å². The fourth-order valence-corrected chi connectivity index (χ4v) is 5.33. The average molecular weight is 237 g/mol. The van der Waals surface area contributed by atoms with Crippen LogP contribution < -0.4 is 0 Å². The van der Waals surface area contributed by atoms with E-state index in [9.17, 15) is 5.11 Å². The minimum Gasteiger partial charge on any atom is -0.391 e. The van der Waals surface area contributed by atoms with Gasteiger partial charge in [-0.15, -0.1) is 0 Å². The maximum Gasteiger partial charge on any atom is 0.0748 e. The second kappa shape index (κ2) is 3.96. The van der Waals surface area contributed by atoms with Gasteiger partial charge in [-0.2, -0.15) is 0 Å². The summed E-state index contributed by atoms with van der Waals surface area (Å²) in [4.78, 5) is 2.18. The lowest BCUT2D eigenvalue weighted by molar-refractivity contribution is -0.137. The van der Waals surface area contributed by atoms with Gasteiger partial charge in [0.05, 0.1) is 6.10 Å². The quantitative estimate of drug-likeness (QED) is 0.815. The van der Waals surface area contributed by atoms with Crippen molar-refractivity contribution in [3.63, 3.8) is 0 Å². The third kappa shape index (κ3) is 1.84. The number of hydrogen-bond acceptors (Lipinski definition) is 2. The van der Waals surface area contributed by atoms with Crippen LogP contribution in [0.3, 0.4) is 0 Å². The first-order valence-electron chi connectivity index (χ1n) is 7.35. The molecule has 0 aromatic heterocycles. The molecular formula is C15H27NO. The molecule has 2 atom stereocenters. The van der Waals surface area contributed by atoms with E-state index in [1.54, 1.807) is 0 Å². The molecule has 4 rings (SSSR count). The molecule has 0 unspecified atom stereocenters. The first-order chi connectivity index (χ1) is 8.00. The lowest BCUT2D eigenvalue weighted by Gasteiger charge is -2.59. The normalized spacial score (nSPS) is 47.5. The van der Waals surface area contributed by atoms with Crippen LogP contribution >= 0.6 is 0 Å². The zero-order valence-corrected chi connectivity index (χ0v) is 11.5. The summed E-state index contributed by atoms with van der Waals surface area (Å²) in [7, 11) is 4.18. The molecule has 0 aromatic rings. The van der Waals surface area contributed by atoms with Crippen LogP contribution in [0.15, 0.2) is 0 Å². The van der Waals surface area contributed by atoms with Crippen LogP contribution in [0.25, 0.3) is 0 Å². The van der Waals surface area contributed by atoms with Crippen molar-refractivity contribution in [1.82, 2.24) is 4.90 Å². The summed E-state index contributed by atoms with van der Waals surface area (Å²) in [5.41, 5.74) is 0.276. The van der Waals surface area contributed by atoms with E-state index in [1.807, 2.05) is 0 Å². The number of nitrogens with zero attached hydrogens (tertiary/aromatic N) is 1. The van der Waals surface area contributed by atoms with Gasteiger partial charge in [0, 0.05) is 6.04 Å². The molecule has 17 heavy (non-hydrogen) atoms. The number of aliphatic hydroxyl groups is 1. The Morgan fingerprint density at radius 3 is 1.76 bits per heavy atom. The van der Waals surface area contributed by atoms with Crippen LogP contribution in [-0.4, -0.2) is 36.2 Å². The molecule has 0 aliphatic heterocycles. The lowest BCUT2D eigenvalue weighted by atomic mass is 9.47. The summed E-state index contributed by atoms with van der Waals surface area (Å²) < 4.78 is 0. The molecule has 0 aromatic carbocycles. The molecule has 4 saturated carbocycles. The minimum atomic E-state index is -0.120. The van der Waals surface area contributed by atoms with Gasteiger partial charge in [-0.1, -0.05) is 0 Å². The summed E-state index contributed by atoms with van der Waals surface area (Å²) in [6.07, 6.45) is 8.17. The van der Waals surface area contributed by atoms with Crippen molar-refractivity contribution in [3.05, 3.63) is 0 Å². The van der Waals surface area contributed by atoms with E-state index in [0.717, 1.165) is 17.8 Å². The Hall–Kier alpha value is -0.0800. The SMILES string of the molecule is C[C@@H]([C@H](O)C12CC3CC(CC(C3)C1)C2)N(C)C. The van der Waals surface area contributed by atoms with Crippen molar-refractivity contribution in [2.45, 2.75) is 57.6 Å². The van der Waals surface area contributed by atoms with Crippen molar-refractivity contribution in [1.29, 1.82) is 0 Å². The van der Waals surface area contributed by atoms with Gasteiger partial charge in [0.1, 0.15) is 0 Å². The molecule has 2 nitrogen and oxygen atoms in total. The number of aliphatic hydroxyl groups excluding tert-OH is 1. The van der Waals surface area contributed by atoms with Crippen LogP contribution in [0.2, 0.25) is 0 Å². The molecule has 2 heteroatoms. The van der Waals surface area contributed by atoms with Crippen molar-refractivity contribution in [2.24, 2.45) is 23.2 Å². The lowest BCUT2D eigenvalue weighted by Crippen LogP contribution is -2.56. The summed E-state index contributed by atoms with van der Waals surface area (Å²) >= 11 is 0. The highest BCUT2D eigenvalue weighted by atomic mass is 16.3. The Balaban J connectivity index is 1.81. The summed E-state index contributed by atoms with van der Waals surface area (Å²) in [5, 5.41) is 10.8. The molecule has 4 bridgehead atoms. The molecule has 4 aliphatic rings. The summed E-state index contributed by atoms with van der Waals surface area (Å²) in [6, 6.07) is 0.297. The summed E-state index contributed by atoms with van der Waals surface area (Å²) in [5.74, 6) is 2.81. The molecule has 0 spiro atoms.